The van der Waals surface area contributed by atoms with Crippen molar-refractivity contribution < 1.29 is 0 Å². The molecule has 0 saturated heterocycles. The maximum Gasteiger partial charge on any atom is 0.255 e. The Labute approximate surface area is 102 Å². The van der Waals surface area contributed by atoms with Crippen LogP contribution in [0.1, 0.15) is 18.4 Å². The zero-order valence-electron chi connectivity index (χ0n) is 8.68. The first-order chi connectivity index (χ1) is 7.70. The van der Waals surface area contributed by atoms with Gasteiger partial charge in [0.15, 0.2) is 0 Å². The van der Waals surface area contributed by atoms with Crippen molar-refractivity contribution in [1.29, 1.82) is 0 Å². The Morgan fingerprint density at radius 1 is 1.56 bits per heavy atom. The Hall–Kier alpha value is -1.20. The first kappa shape index (κ1) is 11.3. The molecule has 0 aromatic carbocycles. The van der Waals surface area contributed by atoms with Crippen LogP contribution < -0.4 is 5.56 Å². The Bertz CT molecular complexity index is 535. The van der Waals surface area contributed by atoms with E-state index < -0.39 is 0 Å². The van der Waals surface area contributed by atoms with E-state index in [0.29, 0.717) is 18.8 Å². The van der Waals surface area contributed by atoms with E-state index in [9.17, 15) is 4.79 Å². The molecule has 0 unspecified atom stereocenters. The molecule has 6 heteroatoms. The number of nitrogens with zero attached hydrogens (tertiary/aromatic N) is 3. The maximum absolute atomic E-state index is 11.8. The van der Waals surface area contributed by atoms with Gasteiger partial charge in [0.05, 0.1) is 17.7 Å². The third kappa shape index (κ3) is 2.31. The molecule has 0 atom stereocenters. The van der Waals surface area contributed by atoms with E-state index in [2.05, 4.69) is 9.97 Å². The molecule has 0 bridgehead atoms. The van der Waals surface area contributed by atoms with Crippen LogP contribution in [0.5, 0.6) is 0 Å². The Morgan fingerprint density at radius 3 is 3.00 bits per heavy atom. The van der Waals surface area contributed by atoms with Crippen LogP contribution in [-0.4, -0.2) is 14.5 Å². The summed E-state index contributed by atoms with van der Waals surface area (Å²) in [6.07, 6.45) is 0.667. The van der Waals surface area contributed by atoms with Crippen molar-refractivity contribution in [2.75, 3.05) is 0 Å². The lowest BCUT2D eigenvalue weighted by Gasteiger charge is -2.08. The second kappa shape index (κ2) is 4.76. The van der Waals surface area contributed by atoms with Gasteiger partial charge in [0.25, 0.3) is 5.56 Å². The zero-order valence-corrected chi connectivity index (χ0v) is 10.3. The molecule has 0 spiro atoms. The molecule has 4 nitrogen and oxygen atoms in total. The Balaban J connectivity index is 2.43. The van der Waals surface area contributed by atoms with Gasteiger partial charge in [0.2, 0.25) is 0 Å². The number of hydrogen-bond acceptors (Lipinski definition) is 4. The molecule has 2 aromatic rings. The third-order valence-electron chi connectivity index (χ3n) is 2.18. The number of hydrogen-bond donors (Lipinski definition) is 0. The lowest BCUT2D eigenvalue weighted by Crippen LogP contribution is -2.24. The second-order valence-corrected chi connectivity index (χ2v) is 4.36. The average molecular weight is 256 g/mol. The van der Waals surface area contributed by atoms with E-state index in [1.54, 1.807) is 10.1 Å². The third-order valence-corrected chi connectivity index (χ3v) is 3.00. The summed E-state index contributed by atoms with van der Waals surface area (Å²) in [5, 5.41) is 2.16. The fourth-order valence-electron chi connectivity index (χ4n) is 1.44. The van der Waals surface area contributed by atoms with Crippen LogP contribution in [0.2, 0.25) is 5.15 Å². The molecule has 84 valence electrons. The van der Waals surface area contributed by atoms with Gasteiger partial charge < -0.3 is 0 Å². The molecule has 0 aliphatic rings. The first-order valence-electron chi connectivity index (χ1n) is 4.84. The molecule has 0 saturated carbocycles. The predicted octanol–water partition coefficient (Wildman–Crippen LogP) is 1.96. The minimum atomic E-state index is -0.134. The van der Waals surface area contributed by atoms with Crippen LogP contribution in [0.4, 0.5) is 0 Å². The average Bonchev–Trinajstić information content (AvgIpc) is 2.74. The summed E-state index contributed by atoms with van der Waals surface area (Å²) < 4.78 is 1.60. The molecule has 0 aliphatic carbocycles. The minimum Gasteiger partial charge on any atom is -0.290 e. The van der Waals surface area contributed by atoms with Crippen LogP contribution in [0, 0.1) is 0 Å². The van der Waals surface area contributed by atoms with Crippen LogP contribution in [0.15, 0.2) is 21.8 Å². The fraction of sp³-hybridized carbons (Fsp3) is 0.300. The van der Waals surface area contributed by atoms with Gasteiger partial charge in [-0.05, 0) is 0 Å². The van der Waals surface area contributed by atoms with Crippen molar-refractivity contribution in [3.63, 3.8) is 0 Å². The van der Waals surface area contributed by atoms with Gasteiger partial charge in [-0.1, -0.05) is 18.5 Å². The molecule has 0 N–H and O–H groups in total. The highest BCUT2D eigenvalue weighted by Gasteiger charge is 2.07. The predicted molar refractivity (Wildman–Crippen MR) is 64.1 cm³/mol. The van der Waals surface area contributed by atoms with Crippen molar-refractivity contribution in [1.82, 2.24) is 14.5 Å². The molecule has 2 heterocycles. The fourth-order valence-corrected chi connectivity index (χ4v) is 2.18. The summed E-state index contributed by atoms with van der Waals surface area (Å²) in [5.41, 5.74) is 2.48. The Kier molecular flexibility index (Phi) is 3.36. The normalized spacial score (nSPS) is 10.6. The van der Waals surface area contributed by atoms with Crippen molar-refractivity contribution in [3.05, 3.63) is 44.0 Å². The standard InChI is InChI=1S/C10H10ClN3OS/c1-2-9-13-8(11)3-10(15)14(9)4-7-5-16-6-12-7/h3,5-6H,2,4H2,1H3. The minimum absolute atomic E-state index is 0.134. The summed E-state index contributed by atoms with van der Waals surface area (Å²) in [4.78, 5) is 20.0. The van der Waals surface area contributed by atoms with Gasteiger partial charge in [-0.2, -0.15) is 0 Å². The molecule has 0 radical (unpaired) electrons. The molecular formula is C10H10ClN3OS. The van der Waals surface area contributed by atoms with Crippen LogP contribution >= 0.6 is 22.9 Å². The highest BCUT2D eigenvalue weighted by molar-refractivity contribution is 7.07. The van der Waals surface area contributed by atoms with Gasteiger partial charge in [-0.15, -0.1) is 11.3 Å². The molecule has 2 aromatic heterocycles. The lowest BCUT2D eigenvalue weighted by molar-refractivity contribution is 0.665. The van der Waals surface area contributed by atoms with Crippen molar-refractivity contribution in [2.45, 2.75) is 19.9 Å². The van der Waals surface area contributed by atoms with E-state index in [1.165, 1.54) is 17.4 Å². The van der Waals surface area contributed by atoms with Gasteiger partial charge in [0.1, 0.15) is 11.0 Å². The van der Waals surface area contributed by atoms with E-state index in [1.807, 2.05) is 12.3 Å². The molecule has 2 rings (SSSR count). The second-order valence-electron chi connectivity index (χ2n) is 3.25. The van der Waals surface area contributed by atoms with Crippen LogP contribution in [0.25, 0.3) is 0 Å². The van der Waals surface area contributed by atoms with Gasteiger partial charge in [-0.3, -0.25) is 9.36 Å². The molecule has 0 fully saturated rings. The molecule has 0 aliphatic heterocycles. The van der Waals surface area contributed by atoms with Crippen molar-refractivity contribution in [3.8, 4) is 0 Å². The van der Waals surface area contributed by atoms with Gasteiger partial charge in [0, 0.05) is 17.9 Å². The topological polar surface area (TPSA) is 47.8 Å². The van der Waals surface area contributed by atoms with Gasteiger partial charge >= 0.3 is 0 Å². The summed E-state index contributed by atoms with van der Waals surface area (Å²) >= 11 is 7.25. The lowest BCUT2D eigenvalue weighted by atomic mass is 10.4. The summed E-state index contributed by atoms with van der Waals surface area (Å²) in [6.45, 7) is 2.39. The van der Waals surface area contributed by atoms with Gasteiger partial charge in [-0.25, -0.2) is 9.97 Å². The number of rotatable bonds is 3. The van der Waals surface area contributed by atoms with Crippen molar-refractivity contribution >= 4 is 22.9 Å². The highest BCUT2D eigenvalue weighted by atomic mass is 35.5. The van der Waals surface area contributed by atoms with Crippen molar-refractivity contribution in [2.24, 2.45) is 0 Å². The van der Waals surface area contributed by atoms with E-state index in [4.69, 9.17) is 11.6 Å². The number of halogens is 1. The zero-order chi connectivity index (χ0) is 11.5. The Morgan fingerprint density at radius 2 is 2.38 bits per heavy atom. The highest BCUT2D eigenvalue weighted by Crippen LogP contribution is 2.07. The number of aryl methyl sites for hydroxylation is 1. The van der Waals surface area contributed by atoms with Crippen LogP contribution in [0.3, 0.4) is 0 Å². The monoisotopic (exact) mass is 255 g/mol. The van der Waals surface area contributed by atoms with E-state index in [0.717, 1.165) is 5.69 Å². The molecule has 0 amide bonds. The molecule has 16 heavy (non-hydrogen) atoms. The smallest absolute Gasteiger partial charge is 0.255 e. The summed E-state index contributed by atoms with van der Waals surface area (Å²) in [5.74, 6) is 0.686. The quantitative estimate of drug-likeness (QED) is 0.788. The first-order valence-corrected chi connectivity index (χ1v) is 6.16. The number of thiazole rings is 1. The maximum atomic E-state index is 11.8. The number of aromatic nitrogens is 3. The van der Waals surface area contributed by atoms with E-state index >= 15 is 0 Å². The largest absolute Gasteiger partial charge is 0.290 e. The summed E-state index contributed by atoms with van der Waals surface area (Å²) in [6, 6.07) is 1.33. The van der Waals surface area contributed by atoms with E-state index in [-0.39, 0.29) is 10.7 Å². The SMILES string of the molecule is CCc1nc(Cl)cc(=O)n1Cc1cscn1. The summed E-state index contributed by atoms with van der Waals surface area (Å²) in [7, 11) is 0. The van der Waals surface area contributed by atoms with Crippen LogP contribution in [-0.2, 0) is 13.0 Å². The molecular weight excluding hydrogens is 246 g/mol.